The highest BCUT2D eigenvalue weighted by Crippen LogP contribution is 2.33. The first-order chi connectivity index (χ1) is 9.60. The quantitative estimate of drug-likeness (QED) is 0.774. The number of aromatic nitrogens is 2. The van der Waals surface area contributed by atoms with Gasteiger partial charge in [-0.15, -0.1) is 0 Å². The smallest absolute Gasteiger partial charge is 0.154 e. The number of rotatable bonds is 2. The fourth-order valence-corrected chi connectivity index (χ4v) is 2.34. The number of halogens is 1. The van der Waals surface area contributed by atoms with Crippen LogP contribution in [0.3, 0.4) is 0 Å². The molecule has 0 saturated carbocycles. The summed E-state index contributed by atoms with van der Waals surface area (Å²) in [5.41, 5.74) is 8.15. The Hall–Kier alpha value is -2.07. The lowest BCUT2D eigenvalue weighted by Crippen LogP contribution is -2.03. The summed E-state index contributed by atoms with van der Waals surface area (Å²) in [7, 11) is 0. The Balaban J connectivity index is 2.25. The molecule has 0 aliphatic carbocycles. The first kappa shape index (κ1) is 12.9. The topological polar surface area (TPSA) is 64.9 Å². The maximum atomic E-state index is 6.14. The lowest BCUT2D eigenvalue weighted by Gasteiger charge is -2.06. The molecule has 0 amide bonds. The van der Waals surface area contributed by atoms with E-state index in [-0.39, 0.29) is 0 Å². The molecule has 5 heteroatoms. The second-order valence-electron chi connectivity index (χ2n) is 4.62. The van der Waals surface area contributed by atoms with Crippen LogP contribution in [-0.4, -0.2) is 9.97 Å². The van der Waals surface area contributed by atoms with Gasteiger partial charge in [-0.1, -0.05) is 30.7 Å². The van der Waals surface area contributed by atoms with Gasteiger partial charge in [-0.2, -0.15) is 0 Å². The second kappa shape index (κ2) is 4.80. The number of fused-ring (bicyclic) bond motifs is 1. The molecule has 0 spiro atoms. The molecule has 2 heterocycles. The van der Waals surface area contributed by atoms with E-state index in [1.54, 1.807) is 6.07 Å². The predicted octanol–water partition coefficient (Wildman–Crippen LogP) is 4.00. The lowest BCUT2D eigenvalue weighted by molar-refractivity contribution is 0.627. The minimum absolute atomic E-state index is 0.485. The maximum Gasteiger partial charge on any atom is 0.154 e. The number of nitrogens with zero attached hydrogens (tertiary/aromatic N) is 2. The largest absolute Gasteiger partial charge is 0.453 e. The third-order valence-electron chi connectivity index (χ3n) is 3.28. The van der Waals surface area contributed by atoms with Gasteiger partial charge in [0.2, 0.25) is 0 Å². The van der Waals surface area contributed by atoms with Crippen molar-refractivity contribution in [3.63, 3.8) is 0 Å². The third kappa shape index (κ3) is 2.02. The Labute approximate surface area is 121 Å². The van der Waals surface area contributed by atoms with Crippen molar-refractivity contribution in [2.45, 2.75) is 20.3 Å². The molecule has 0 atom stereocenters. The van der Waals surface area contributed by atoms with Crippen LogP contribution in [0, 0.1) is 6.92 Å². The standard InChI is InChI=1S/C15H14ClN3O/c1-3-12-18-13(8(2)15(17)19-12)11-7-9-5-4-6-10(16)14(9)20-11/h4-7H,3H2,1-2H3,(H2,17,18,19). The van der Waals surface area contributed by atoms with Crippen LogP contribution in [0.5, 0.6) is 0 Å². The molecule has 1 aromatic carbocycles. The molecule has 0 aliphatic heterocycles. The van der Waals surface area contributed by atoms with Gasteiger partial charge in [-0.3, -0.25) is 0 Å². The van der Waals surface area contributed by atoms with Crippen LogP contribution in [-0.2, 0) is 6.42 Å². The van der Waals surface area contributed by atoms with Crippen LogP contribution < -0.4 is 5.73 Å². The Morgan fingerprint density at radius 1 is 1.30 bits per heavy atom. The van der Waals surface area contributed by atoms with E-state index in [4.69, 9.17) is 21.8 Å². The molecule has 0 fully saturated rings. The molecule has 102 valence electrons. The first-order valence-corrected chi connectivity index (χ1v) is 6.79. The molecule has 3 aromatic rings. The van der Waals surface area contributed by atoms with E-state index in [2.05, 4.69) is 9.97 Å². The number of anilines is 1. The second-order valence-corrected chi connectivity index (χ2v) is 5.03. The van der Waals surface area contributed by atoms with Gasteiger partial charge in [-0.25, -0.2) is 9.97 Å². The van der Waals surface area contributed by atoms with E-state index in [0.717, 1.165) is 23.1 Å². The summed E-state index contributed by atoms with van der Waals surface area (Å²) >= 11 is 6.14. The van der Waals surface area contributed by atoms with Crippen LogP contribution in [0.15, 0.2) is 28.7 Å². The summed E-state index contributed by atoms with van der Waals surface area (Å²) in [6.07, 6.45) is 0.721. The van der Waals surface area contributed by atoms with Crippen molar-refractivity contribution < 1.29 is 4.42 Å². The van der Waals surface area contributed by atoms with Crippen molar-refractivity contribution in [3.8, 4) is 11.5 Å². The Morgan fingerprint density at radius 2 is 2.10 bits per heavy atom. The van der Waals surface area contributed by atoms with Gasteiger partial charge < -0.3 is 10.2 Å². The number of nitrogen functional groups attached to an aromatic ring is 1. The summed E-state index contributed by atoms with van der Waals surface area (Å²) in [6.45, 7) is 3.88. The number of benzene rings is 1. The molecule has 0 saturated heterocycles. The van der Waals surface area contributed by atoms with Crippen molar-refractivity contribution in [1.82, 2.24) is 9.97 Å². The van der Waals surface area contributed by atoms with E-state index in [0.29, 0.717) is 28.0 Å². The SMILES string of the molecule is CCc1nc(N)c(C)c(-c2cc3cccc(Cl)c3o2)n1. The zero-order chi connectivity index (χ0) is 14.3. The predicted molar refractivity (Wildman–Crippen MR) is 80.8 cm³/mol. The van der Waals surface area contributed by atoms with E-state index in [9.17, 15) is 0 Å². The average Bonchev–Trinajstić information content (AvgIpc) is 2.87. The molecule has 4 nitrogen and oxygen atoms in total. The molecular formula is C15H14ClN3O. The summed E-state index contributed by atoms with van der Waals surface area (Å²) in [6, 6.07) is 7.57. The van der Waals surface area contributed by atoms with Crippen molar-refractivity contribution in [1.29, 1.82) is 0 Å². The van der Waals surface area contributed by atoms with E-state index in [1.807, 2.05) is 32.0 Å². The number of para-hydroxylation sites is 1. The molecule has 3 rings (SSSR count). The molecule has 0 unspecified atom stereocenters. The Bertz CT molecular complexity index is 795. The van der Waals surface area contributed by atoms with Gasteiger partial charge in [-0.05, 0) is 19.1 Å². The van der Waals surface area contributed by atoms with Crippen LogP contribution in [0.4, 0.5) is 5.82 Å². The minimum Gasteiger partial charge on any atom is -0.453 e. The first-order valence-electron chi connectivity index (χ1n) is 6.41. The highest BCUT2D eigenvalue weighted by atomic mass is 35.5. The highest BCUT2D eigenvalue weighted by Gasteiger charge is 2.15. The highest BCUT2D eigenvalue weighted by molar-refractivity contribution is 6.34. The normalized spacial score (nSPS) is 11.2. The number of hydrogen-bond acceptors (Lipinski definition) is 4. The van der Waals surface area contributed by atoms with Crippen molar-refractivity contribution >= 4 is 28.4 Å². The van der Waals surface area contributed by atoms with E-state index in [1.165, 1.54) is 0 Å². The van der Waals surface area contributed by atoms with Crippen molar-refractivity contribution in [3.05, 3.63) is 40.7 Å². The summed E-state index contributed by atoms with van der Waals surface area (Å²) in [5, 5.41) is 1.53. The van der Waals surface area contributed by atoms with Gasteiger partial charge >= 0.3 is 0 Å². The van der Waals surface area contributed by atoms with Gasteiger partial charge in [0.05, 0.1) is 5.02 Å². The molecule has 2 aromatic heterocycles. The molecule has 2 N–H and O–H groups in total. The van der Waals surface area contributed by atoms with Gasteiger partial charge in [0.15, 0.2) is 11.3 Å². The number of hydrogen-bond donors (Lipinski definition) is 1. The molecule has 0 radical (unpaired) electrons. The summed E-state index contributed by atoms with van der Waals surface area (Å²) in [4.78, 5) is 8.77. The number of aryl methyl sites for hydroxylation is 1. The zero-order valence-electron chi connectivity index (χ0n) is 11.3. The third-order valence-corrected chi connectivity index (χ3v) is 3.57. The Morgan fingerprint density at radius 3 is 2.80 bits per heavy atom. The van der Waals surface area contributed by atoms with Gasteiger partial charge in [0, 0.05) is 17.4 Å². The van der Waals surface area contributed by atoms with E-state index < -0.39 is 0 Å². The lowest BCUT2D eigenvalue weighted by atomic mass is 10.1. The minimum atomic E-state index is 0.485. The van der Waals surface area contributed by atoms with Crippen molar-refractivity contribution in [2.75, 3.05) is 5.73 Å². The molecule has 20 heavy (non-hydrogen) atoms. The summed E-state index contributed by atoms with van der Waals surface area (Å²) in [5.74, 6) is 1.85. The maximum absolute atomic E-state index is 6.14. The molecular weight excluding hydrogens is 274 g/mol. The van der Waals surface area contributed by atoms with Crippen LogP contribution in [0.25, 0.3) is 22.4 Å². The van der Waals surface area contributed by atoms with Gasteiger partial charge in [0.1, 0.15) is 17.3 Å². The van der Waals surface area contributed by atoms with Crippen LogP contribution >= 0.6 is 11.6 Å². The fourth-order valence-electron chi connectivity index (χ4n) is 2.12. The van der Waals surface area contributed by atoms with Gasteiger partial charge in [0.25, 0.3) is 0 Å². The Kier molecular flexibility index (Phi) is 3.10. The average molecular weight is 288 g/mol. The number of nitrogens with two attached hydrogens (primary N) is 1. The zero-order valence-corrected chi connectivity index (χ0v) is 12.0. The monoisotopic (exact) mass is 287 g/mol. The molecule has 0 aliphatic rings. The summed E-state index contributed by atoms with van der Waals surface area (Å²) < 4.78 is 5.84. The number of furan rings is 1. The van der Waals surface area contributed by atoms with Crippen LogP contribution in [0.2, 0.25) is 5.02 Å². The molecule has 0 bridgehead atoms. The van der Waals surface area contributed by atoms with E-state index >= 15 is 0 Å². The van der Waals surface area contributed by atoms with Crippen LogP contribution in [0.1, 0.15) is 18.3 Å². The fraction of sp³-hybridized carbons (Fsp3) is 0.200. The van der Waals surface area contributed by atoms with Crippen molar-refractivity contribution in [2.24, 2.45) is 0 Å².